The van der Waals surface area contributed by atoms with Gasteiger partial charge < -0.3 is 19.7 Å². The lowest BCUT2D eigenvalue weighted by molar-refractivity contribution is 0.271. The average Bonchev–Trinajstić information content (AvgIpc) is 3.10. The van der Waals surface area contributed by atoms with Crippen LogP contribution in [0.3, 0.4) is 0 Å². The summed E-state index contributed by atoms with van der Waals surface area (Å²) in [5.74, 6) is 1.07. The molecule has 2 aliphatic rings. The van der Waals surface area contributed by atoms with E-state index in [9.17, 15) is 4.39 Å². The van der Waals surface area contributed by atoms with Crippen LogP contribution in [0, 0.1) is 5.82 Å². The summed E-state index contributed by atoms with van der Waals surface area (Å²) in [5, 5.41) is 7.67. The minimum absolute atomic E-state index is 0.0678. The molecule has 0 amide bonds. The van der Waals surface area contributed by atoms with E-state index < -0.39 is 5.82 Å². The van der Waals surface area contributed by atoms with Crippen molar-refractivity contribution in [3.8, 4) is 11.6 Å². The standard InChI is InChI=1S/C20H19FN6O2/c1-11-9-29-20-14(4-15(21)5-22-20)7-26-12(2)10-28-17-8-27-18(25-19(17)26)16(6-23-27)13(3)24-11/h4-6,8,11,24H,2-3,7,9-10H2,1H3/t11-/m1/s1. The van der Waals surface area contributed by atoms with Crippen LogP contribution in [0.15, 0.2) is 43.5 Å². The predicted molar refractivity (Wildman–Crippen MR) is 105 cm³/mol. The van der Waals surface area contributed by atoms with E-state index in [0.29, 0.717) is 59.8 Å². The Labute approximate surface area is 166 Å². The Morgan fingerprint density at radius 2 is 2.14 bits per heavy atom. The molecule has 148 valence electrons. The maximum absolute atomic E-state index is 14.0. The highest BCUT2D eigenvalue weighted by atomic mass is 19.1. The largest absolute Gasteiger partial charge is 0.482 e. The minimum Gasteiger partial charge on any atom is -0.482 e. The molecular formula is C20H19FN6O2. The molecule has 0 unspecified atom stereocenters. The fourth-order valence-electron chi connectivity index (χ4n) is 3.47. The summed E-state index contributed by atoms with van der Waals surface area (Å²) < 4.78 is 27.3. The quantitative estimate of drug-likeness (QED) is 0.628. The Kier molecular flexibility index (Phi) is 3.90. The molecule has 0 aromatic carbocycles. The zero-order chi connectivity index (χ0) is 20.1. The zero-order valence-electron chi connectivity index (χ0n) is 15.9. The number of halogens is 1. The van der Waals surface area contributed by atoms with E-state index in [0.717, 1.165) is 11.8 Å². The smallest absolute Gasteiger partial charge is 0.218 e. The predicted octanol–water partition coefficient (Wildman–Crippen LogP) is 2.52. The van der Waals surface area contributed by atoms with Gasteiger partial charge in [0.15, 0.2) is 17.2 Å². The number of anilines is 1. The molecule has 0 aliphatic carbocycles. The number of hydrogen-bond donors (Lipinski definition) is 1. The van der Waals surface area contributed by atoms with Gasteiger partial charge in [-0.3, -0.25) is 0 Å². The highest BCUT2D eigenvalue weighted by Crippen LogP contribution is 2.36. The van der Waals surface area contributed by atoms with Gasteiger partial charge in [0, 0.05) is 11.3 Å². The fraction of sp³-hybridized carbons (Fsp3) is 0.250. The van der Waals surface area contributed by atoms with Crippen molar-refractivity contribution < 1.29 is 13.9 Å². The summed E-state index contributed by atoms with van der Waals surface area (Å²) in [5.41, 5.74) is 3.38. The van der Waals surface area contributed by atoms with Crippen molar-refractivity contribution in [2.24, 2.45) is 0 Å². The van der Waals surface area contributed by atoms with Gasteiger partial charge >= 0.3 is 0 Å². The van der Waals surface area contributed by atoms with E-state index in [-0.39, 0.29) is 6.04 Å². The maximum atomic E-state index is 14.0. The first-order chi connectivity index (χ1) is 14.0. The molecule has 3 aromatic rings. The normalized spacial score (nSPS) is 18.8. The molecular weight excluding hydrogens is 375 g/mol. The zero-order valence-corrected chi connectivity index (χ0v) is 15.9. The Balaban J connectivity index is 1.71. The van der Waals surface area contributed by atoms with Crippen LogP contribution < -0.4 is 19.7 Å². The Morgan fingerprint density at radius 3 is 3.00 bits per heavy atom. The van der Waals surface area contributed by atoms with Crippen molar-refractivity contribution in [3.05, 3.63) is 60.5 Å². The van der Waals surface area contributed by atoms with Gasteiger partial charge in [-0.15, -0.1) is 0 Å². The number of rotatable bonds is 0. The van der Waals surface area contributed by atoms with Gasteiger partial charge in [-0.25, -0.2) is 18.9 Å². The van der Waals surface area contributed by atoms with Crippen LogP contribution in [-0.2, 0) is 6.54 Å². The Morgan fingerprint density at radius 1 is 1.28 bits per heavy atom. The van der Waals surface area contributed by atoms with Crippen LogP contribution in [-0.4, -0.2) is 38.8 Å². The molecule has 29 heavy (non-hydrogen) atoms. The van der Waals surface area contributed by atoms with Crippen molar-refractivity contribution in [2.75, 3.05) is 18.1 Å². The van der Waals surface area contributed by atoms with E-state index >= 15 is 0 Å². The fourth-order valence-corrected chi connectivity index (χ4v) is 3.47. The SMILES string of the molecule is C=C1N[C@H](C)COc2ncc(F)cc2CN2C(=C)COc3cn4ncc1c4nc32. The second kappa shape index (κ2) is 6.47. The van der Waals surface area contributed by atoms with E-state index in [1.165, 1.54) is 6.07 Å². The van der Waals surface area contributed by atoms with Gasteiger partial charge in [0.1, 0.15) is 19.0 Å². The minimum atomic E-state index is -0.434. The van der Waals surface area contributed by atoms with Crippen LogP contribution in [0.4, 0.5) is 10.2 Å². The molecule has 5 rings (SSSR count). The molecule has 2 bridgehead atoms. The molecule has 2 aliphatic heterocycles. The van der Waals surface area contributed by atoms with Crippen LogP contribution in [0.2, 0.25) is 0 Å². The summed E-state index contributed by atoms with van der Waals surface area (Å²) in [6.07, 6.45) is 4.63. The molecule has 0 saturated carbocycles. The van der Waals surface area contributed by atoms with Crippen molar-refractivity contribution in [2.45, 2.75) is 19.5 Å². The molecule has 9 heteroatoms. The third-order valence-corrected chi connectivity index (χ3v) is 4.91. The van der Waals surface area contributed by atoms with Gasteiger partial charge in [-0.1, -0.05) is 13.2 Å². The summed E-state index contributed by atoms with van der Waals surface area (Å²) in [4.78, 5) is 10.8. The molecule has 8 nitrogen and oxygen atoms in total. The first-order valence-corrected chi connectivity index (χ1v) is 9.19. The molecule has 1 atom stereocenters. The monoisotopic (exact) mass is 394 g/mol. The number of nitrogens with one attached hydrogen (secondary N) is 1. The highest BCUT2D eigenvalue weighted by Gasteiger charge is 2.27. The van der Waals surface area contributed by atoms with Gasteiger partial charge in [0.25, 0.3) is 0 Å². The highest BCUT2D eigenvalue weighted by molar-refractivity contribution is 5.75. The van der Waals surface area contributed by atoms with Crippen LogP contribution in [0.1, 0.15) is 18.1 Å². The van der Waals surface area contributed by atoms with Gasteiger partial charge in [0.05, 0.1) is 42.4 Å². The number of fused-ring (bicyclic) bond motifs is 1. The Hall–Kier alpha value is -3.62. The van der Waals surface area contributed by atoms with E-state index in [2.05, 4.69) is 28.6 Å². The molecule has 0 spiro atoms. The van der Waals surface area contributed by atoms with Gasteiger partial charge in [-0.05, 0) is 13.0 Å². The molecule has 0 radical (unpaired) electrons. The molecule has 3 aromatic heterocycles. The second-order valence-electron chi connectivity index (χ2n) is 7.15. The number of pyridine rings is 1. The third-order valence-electron chi connectivity index (χ3n) is 4.91. The van der Waals surface area contributed by atoms with Crippen molar-refractivity contribution >= 4 is 17.2 Å². The number of ether oxygens (including phenoxy) is 2. The lowest BCUT2D eigenvalue weighted by atomic mass is 10.2. The van der Waals surface area contributed by atoms with E-state index in [1.807, 2.05) is 11.8 Å². The number of aromatic nitrogens is 4. The molecule has 5 heterocycles. The van der Waals surface area contributed by atoms with E-state index in [4.69, 9.17) is 14.5 Å². The van der Waals surface area contributed by atoms with Crippen molar-refractivity contribution in [3.63, 3.8) is 0 Å². The van der Waals surface area contributed by atoms with Gasteiger partial charge in [-0.2, -0.15) is 5.10 Å². The topological polar surface area (TPSA) is 76.8 Å². The number of hydrogen-bond acceptors (Lipinski definition) is 7. The summed E-state index contributed by atoms with van der Waals surface area (Å²) >= 11 is 0. The first kappa shape index (κ1) is 17.5. The lowest BCUT2D eigenvalue weighted by Crippen LogP contribution is -2.31. The molecule has 0 fully saturated rings. The Bertz CT molecular complexity index is 1160. The van der Waals surface area contributed by atoms with E-state index in [1.54, 1.807) is 16.9 Å². The molecule has 1 N–H and O–H groups in total. The summed E-state index contributed by atoms with van der Waals surface area (Å²) in [6.45, 7) is 11.1. The summed E-state index contributed by atoms with van der Waals surface area (Å²) in [6, 6.07) is 1.35. The molecule has 0 saturated heterocycles. The van der Waals surface area contributed by atoms with Crippen LogP contribution in [0.25, 0.3) is 11.3 Å². The van der Waals surface area contributed by atoms with Gasteiger partial charge in [0.2, 0.25) is 5.88 Å². The maximum Gasteiger partial charge on any atom is 0.218 e. The first-order valence-electron chi connectivity index (χ1n) is 9.19. The van der Waals surface area contributed by atoms with Crippen molar-refractivity contribution in [1.29, 1.82) is 0 Å². The summed E-state index contributed by atoms with van der Waals surface area (Å²) in [7, 11) is 0. The lowest BCUT2D eigenvalue weighted by Gasteiger charge is -2.32. The van der Waals surface area contributed by atoms with Crippen molar-refractivity contribution in [1.82, 2.24) is 24.9 Å². The third kappa shape index (κ3) is 2.95. The number of nitrogens with zero attached hydrogens (tertiary/aromatic N) is 5. The average molecular weight is 394 g/mol. The van der Waals surface area contributed by atoms with Crippen LogP contribution >= 0.6 is 0 Å². The van der Waals surface area contributed by atoms with Crippen LogP contribution in [0.5, 0.6) is 11.6 Å². The second-order valence-corrected chi connectivity index (χ2v) is 7.15.